The molecule has 0 aliphatic rings. The van der Waals surface area contributed by atoms with Gasteiger partial charge in [0.2, 0.25) is 0 Å². The third-order valence-corrected chi connectivity index (χ3v) is 0. The third-order valence-electron chi connectivity index (χ3n) is 0. The predicted molar refractivity (Wildman–Crippen MR) is 92.5 cm³/mol. The molecule has 0 rings (SSSR count). The van der Waals surface area contributed by atoms with E-state index in [4.69, 9.17) is 0 Å². The number of thiol groups is 9. The van der Waals surface area contributed by atoms with Crippen molar-refractivity contribution in [2.75, 3.05) is 0 Å². The molecule has 0 aromatic heterocycles. The van der Waals surface area contributed by atoms with Gasteiger partial charge in [-0.1, -0.05) is 0 Å². The SMILES string of the molecule is O.O.[CH3-].[Fe+2].[Fe].[Fe].[Fe].[Fe].[Fe].[Fe].[Mo].[SH-].[SH-].[SH-].[SH-].[SH-].[SH-].[SH-].[SH-].[SH-]. The van der Waals surface area contributed by atoms with Crippen molar-refractivity contribution in [2.45, 2.75) is 0 Å². The molecule has 0 spiro atoms. The quantitative estimate of drug-likeness (QED) is 0.107. The van der Waals surface area contributed by atoms with Crippen LogP contribution in [0.2, 0.25) is 0 Å². The molecule has 0 aromatic carbocycles. The van der Waals surface area contributed by atoms with E-state index in [-0.39, 0.29) is 280 Å². The molecule has 0 amide bonds. The zero-order valence-corrected chi connectivity index (χ0v) is 26.7. The molecular formula is CH16Fe7MoO2S9-8. The van der Waals surface area contributed by atoms with E-state index in [9.17, 15) is 0 Å². The molecule has 0 radical (unpaired) electrons. The van der Waals surface area contributed by atoms with Gasteiger partial charge in [-0.3, -0.25) is 0 Å². The Balaban J connectivity index is 0. The van der Waals surface area contributed by atoms with Gasteiger partial charge < -0.3 is 140 Å². The van der Waals surface area contributed by atoms with Gasteiger partial charge in [-0.15, -0.1) is 0 Å². The molecule has 0 aromatic rings. The molecule has 0 aliphatic carbocycles. The smallest absolute Gasteiger partial charge is 0.813 e. The largest absolute Gasteiger partial charge is 2.00 e. The van der Waals surface area contributed by atoms with Crippen molar-refractivity contribution in [2.24, 2.45) is 0 Å². The van der Waals surface area contributed by atoms with Crippen LogP contribution in [0.15, 0.2) is 0 Å². The van der Waals surface area contributed by atoms with E-state index in [0.717, 1.165) is 0 Å². The summed E-state index contributed by atoms with van der Waals surface area (Å²) in [5, 5.41) is 0. The van der Waals surface area contributed by atoms with Gasteiger partial charge in [-0.05, 0) is 0 Å². The van der Waals surface area contributed by atoms with Crippen molar-refractivity contribution in [1.29, 1.82) is 0 Å². The van der Waals surface area contributed by atoms with E-state index in [2.05, 4.69) is 0 Å². The third kappa shape index (κ3) is 276. The molecule has 0 heterocycles. The van der Waals surface area contributed by atoms with Crippen LogP contribution in [0.4, 0.5) is 0 Å². The van der Waals surface area contributed by atoms with Gasteiger partial charge >= 0.3 is 17.1 Å². The molecule has 0 saturated carbocycles. The minimum absolute atomic E-state index is 0. The number of hydrogen-bond donors (Lipinski definition) is 0. The molecule has 0 saturated heterocycles. The maximum Gasteiger partial charge on any atom is 2.00 e. The summed E-state index contributed by atoms with van der Waals surface area (Å²) in [5.74, 6) is 0. The first kappa shape index (κ1) is 349. The van der Waals surface area contributed by atoms with Crippen LogP contribution in [0.25, 0.3) is 0 Å². The summed E-state index contributed by atoms with van der Waals surface area (Å²) in [5.41, 5.74) is 0. The van der Waals surface area contributed by atoms with Crippen molar-refractivity contribution in [3.63, 3.8) is 0 Å². The maximum absolute atomic E-state index is 0. The summed E-state index contributed by atoms with van der Waals surface area (Å²) in [6.45, 7) is 0. The molecule has 0 unspecified atom stereocenters. The minimum atomic E-state index is 0. The van der Waals surface area contributed by atoms with Crippen LogP contribution >= 0.6 is 0 Å². The van der Waals surface area contributed by atoms with Crippen molar-refractivity contribution in [3.05, 3.63) is 7.43 Å². The van der Waals surface area contributed by atoms with Crippen LogP contribution in [0, 0.1) is 7.43 Å². The van der Waals surface area contributed by atoms with E-state index in [1.807, 2.05) is 0 Å². The molecule has 20 heavy (non-hydrogen) atoms. The molecular weight excluding hydrogens is 819 g/mol. The maximum atomic E-state index is 0. The molecule has 4 N–H and O–H groups in total. The van der Waals surface area contributed by atoms with E-state index >= 15 is 0 Å². The fraction of sp³-hybridized carbons (Fsp3) is 0. The van der Waals surface area contributed by atoms with Crippen LogP contribution in [0.1, 0.15) is 0 Å². The average Bonchev–Trinajstić information content (AvgIpc) is 0. The minimum Gasteiger partial charge on any atom is -0.813 e. The summed E-state index contributed by atoms with van der Waals surface area (Å²) in [4.78, 5) is 0. The summed E-state index contributed by atoms with van der Waals surface area (Å²) < 4.78 is 0. The Kier molecular flexibility index (Phi) is 5430. The van der Waals surface area contributed by atoms with E-state index in [0.29, 0.717) is 0 Å². The Morgan fingerprint density at radius 3 is 0.300 bits per heavy atom. The molecule has 2 nitrogen and oxygen atoms in total. The zero-order valence-electron chi connectivity index (χ0n) is 8.91. The second-order valence-corrected chi connectivity index (χ2v) is 0. The molecule has 0 atom stereocenters. The predicted octanol–water partition coefficient (Wildman–Crippen LogP) is -3.65. The standard InChI is InChI=1S/CH3.7Fe.Mo.2H2O.9H2S/h1H3;;;;;;;;;11*1H2/q-1;;;;;;;+2;;;;;;;;;;;;/p-9. The van der Waals surface area contributed by atoms with Crippen LogP contribution in [-0.4, -0.2) is 11.0 Å². The zero-order chi connectivity index (χ0) is 0. The van der Waals surface area contributed by atoms with Crippen molar-refractivity contribution >= 4 is 121 Å². The van der Waals surface area contributed by atoms with Crippen LogP contribution < -0.4 is 0 Å². The Labute approximate surface area is 275 Å². The van der Waals surface area contributed by atoms with Crippen LogP contribution in [0.5, 0.6) is 0 Å². The Morgan fingerprint density at radius 1 is 0.300 bits per heavy atom. The van der Waals surface area contributed by atoms with Gasteiger partial charge in [0, 0.05) is 123 Å². The summed E-state index contributed by atoms with van der Waals surface area (Å²) in [7, 11) is 0. The molecule has 0 aliphatic heterocycles. The van der Waals surface area contributed by atoms with E-state index in [1.165, 1.54) is 0 Å². The summed E-state index contributed by atoms with van der Waals surface area (Å²) in [6.07, 6.45) is 0. The average molecular weight is 836 g/mol. The van der Waals surface area contributed by atoms with Gasteiger partial charge in [-0.2, -0.15) is 0 Å². The van der Waals surface area contributed by atoms with Gasteiger partial charge in [0.25, 0.3) is 0 Å². The van der Waals surface area contributed by atoms with E-state index in [1.54, 1.807) is 0 Å². The van der Waals surface area contributed by atoms with E-state index < -0.39 is 0 Å². The Morgan fingerprint density at radius 2 is 0.300 bits per heavy atom. The summed E-state index contributed by atoms with van der Waals surface area (Å²) in [6, 6.07) is 0. The van der Waals surface area contributed by atoms with Crippen molar-refractivity contribution in [1.82, 2.24) is 0 Å². The van der Waals surface area contributed by atoms with Crippen LogP contribution in [0.3, 0.4) is 0 Å². The first-order valence-corrected chi connectivity index (χ1v) is 0. The molecule has 156 valence electrons. The van der Waals surface area contributed by atoms with Crippen molar-refractivity contribution in [3.8, 4) is 0 Å². The molecule has 0 fully saturated rings. The fourth-order valence-electron chi connectivity index (χ4n) is 0. The fourth-order valence-corrected chi connectivity index (χ4v) is 0. The van der Waals surface area contributed by atoms with Gasteiger partial charge in [0.1, 0.15) is 0 Å². The Hall–Kier alpha value is 7.39. The van der Waals surface area contributed by atoms with Crippen LogP contribution in [-0.2, 0) is 262 Å². The second kappa shape index (κ2) is 311. The Bertz CT molecular complexity index is 36.3. The number of rotatable bonds is 0. The van der Waals surface area contributed by atoms with Gasteiger partial charge in [0.15, 0.2) is 0 Å². The second-order valence-electron chi connectivity index (χ2n) is 0. The molecule has 19 heteroatoms. The first-order valence-electron chi connectivity index (χ1n) is 0. The monoisotopic (exact) mass is 837 g/mol. The topological polar surface area (TPSA) is 63.0 Å². The van der Waals surface area contributed by atoms with Gasteiger partial charge in [0.05, 0.1) is 0 Å². The summed E-state index contributed by atoms with van der Waals surface area (Å²) >= 11 is 0. The van der Waals surface area contributed by atoms with Crippen molar-refractivity contribution < 1.29 is 151 Å². The molecule has 0 bridgehead atoms. The first-order chi connectivity index (χ1) is 0. The normalized spacial score (nSPS) is 0. The number of hydrogen-bond acceptors (Lipinski definition) is 9. The van der Waals surface area contributed by atoms with Gasteiger partial charge in [-0.25, -0.2) is 0 Å².